The maximum absolute atomic E-state index is 5.54. The van der Waals surface area contributed by atoms with Crippen LogP contribution >= 0.6 is 0 Å². The Morgan fingerprint density at radius 2 is 2.05 bits per heavy atom. The summed E-state index contributed by atoms with van der Waals surface area (Å²) in [6, 6.07) is 13.3. The lowest BCUT2D eigenvalue weighted by molar-refractivity contribution is 0.403. The summed E-state index contributed by atoms with van der Waals surface area (Å²) >= 11 is 0. The van der Waals surface area contributed by atoms with E-state index in [0.717, 1.165) is 18.7 Å². The van der Waals surface area contributed by atoms with Gasteiger partial charge in [-0.3, -0.25) is 0 Å². The second kappa shape index (κ2) is 6.10. The summed E-state index contributed by atoms with van der Waals surface area (Å²) in [5.41, 5.74) is 1.26. The van der Waals surface area contributed by atoms with Crippen LogP contribution in [0.15, 0.2) is 48.6 Å². The van der Waals surface area contributed by atoms with E-state index >= 15 is 0 Å². The smallest absolute Gasteiger partial charge is 0.123 e. The Morgan fingerprint density at radius 1 is 1.15 bits per heavy atom. The first kappa shape index (κ1) is 13.2. The minimum absolute atomic E-state index is 0.587. The average Bonchev–Trinajstić information content (AvgIpc) is 2.53. The third-order valence-electron chi connectivity index (χ3n) is 4.05. The zero-order valence-corrected chi connectivity index (χ0v) is 11.9. The highest BCUT2D eigenvalue weighted by molar-refractivity contribution is 5.87. The molecule has 2 aromatic carbocycles. The van der Waals surface area contributed by atoms with Crippen molar-refractivity contribution < 1.29 is 4.74 Å². The van der Waals surface area contributed by atoms with Gasteiger partial charge in [0.05, 0.1) is 7.11 Å². The number of hydrogen-bond donors (Lipinski definition) is 1. The third-order valence-corrected chi connectivity index (χ3v) is 4.05. The Kier molecular flexibility index (Phi) is 4.03. The number of nitrogens with one attached hydrogen (secondary N) is 1. The summed E-state index contributed by atoms with van der Waals surface area (Å²) in [4.78, 5) is 0. The first-order chi connectivity index (χ1) is 9.88. The molecule has 0 radical (unpaired) electrons. The van der Waals surface area contributed by atoms with Crippen LogP contribution in [0.1, 0.15) is 24.8 Å². The van der Waals surface area contributed by atoms with E-state index in [1.54, 1.807) is 7.11 Å². The molecule has 0 saturated carbocycles. The molecule has 0 saturated heterocycles. The number of ether oxygens (including phenoxy) is 1. The number of allylic oxidation sites excluding steroid dienone is 1. The summed E-state index contributed by atoms with van der Waals surface area (Å²) in [5, 5.41) is 6.23. The standard InChI is InChI=1S/C18H21NO/c1-20-18-12-11-14-7-5-6-10-16(14)17(18)13-19-15-8-3-2-4-9-15/h2-3,5-7,10-12,15,19H,4,8-9,13H2,1H3. The molecule has 2 aromatic rings. The molecule has 0 amide bonds. The second-order valence-electron chi connectivity index (χ2n) is 5.33. The summed E-state index contributed by atoms with van der Waals surface area (Å²) in [5.74, 6) is 0.975. The molecule has 104 valence electrons. The number of benzene rings is 2. The van der Waals surface area contributed by atoms with Gasteiger partial charge >= 0.3 is 0 Å². The lowest BCUT2D eigenvalue weighted by Crippen LogP contribution is -2.29. The minimum Gasteiger partial charge on any atom is -0.496 e. The molecular formula is C18H21NO. The minimum atomic E-state index is 0.587. The van der Waals surface area contributed by atoms with E-state index in [1.807, 2.05) is 0 Å². The third kappa shape index (κ3) is 2.70. The average molecular weight is 267 g/mol. The Morgan fingerprint density at radius 3 is 2.85 bits per heavy atom. The molecule has 3 rings (SSSR count). The second-order valence-corrected chi connectivity index (χ2v) is 5.33. The molecule has 1 aliphatic carbocycles. The van der Waals surface area contributed by atoms with Crippen molar-refractivity contribution in [2.24, 2.45) is 0 Å². The lowest BCUT2D eigenvalue weighted by atomic mass is 10.00. The Balaban J connectivity index is 1.86. The molecule has 0 aromatic heterocycles. The van der Waals surface area contributed by atoms with Gasteiger partial charge in [0.15, 0.2) is 0 Å². The van der Waals surface area contributed by atoms with Crippen molar-refractivity contribution in [3.8, 4) is 5.75 Å². The maximum atomic E-state index is 5.54. The van der Waals surface area contributed by atoms with E-state index in [2.05, 4.69) is 53.9 Å². The fraction of sp³-hybridized carbons (Fsp3) is 0.333. The fourth-order valence-electron chi connectivity index (χ4n) is 2.91. The number of rotatable bonds is 4. The van der Waals surface area contributed by atoms with E-state index in [-0.39, 0.29) is 0 Å². The number of methoxy groups -OCH3 is 1. The molecule has 0 bridgehead atoms. The molecule has 1 unspecified atom stereocenters. The van der Waals surface area contributed by atoms with Crippen LogP contribution in [0.3, 0.4) is 0 Å². The van der Waals surface area contributed by atoms with Crippen LogP contribution in [0.4, 0.5) is 0 Å². The van der Waals surface area contributed by atoms with E-state index in [0.29, 0.717) is 6.04 Å². The van der Waals surface area contributed by atoms with Gasteiger partial charge in [-0.25, -0.2) is 0 Å². The van der Waals surface area contributed by atoms with Gasteiger partial charge in [-0.05, 0) is 36.1 Å². The Bertz CT molecular complexity index is 618. The number of hydrogen-bond acceptors (Lipinski definition) is 2. The van der Waals surface area contributed by atoms with Gasteiger partial charge in [0.25, 0.3) is 0 Å². The highest BCUT2D eigenvalue weighted by atomic mass is 16.5. The van der Waals surface area contributed by atoms with Crippen molar-refractivity contribution in [3.63, 3.8) is 0 Å². The van der Waals surface area contributed by atoms with Crippen molar-refractivity contribution in [2.75, 3.05) is 7.11 Å². The largest absolute Gasteiger partial charge is 0.496 e. The number of fused-ring (bicyclic) bond motifs is 1. The van der Waals surface area contributed by atoms with E-state index < -0.39 is 0 Å². The first-order valence-electron chi connectivity index (χ1n) is 7.31. The van der Waals surface area contributed by atoms with E-state index in [1.165, 1.54) is 29.2 Å². The van der Waals surface area contributed by atoms with Crippen LogP contribution < -0.4 is 10.1 Å². The maximum Gasteiger partial charge on any atom is 0.123 e. The highest BCUT2D eigenvalue weighted by Crippen LogP contribution is 2.28. The van der Waals surface area contributed by atoms with Crippen molar-refractivity contribution in [3.05, 3.63) is 54.1 Å². The summed E-state index contributed by atoms with van der Waals surface area (Å²) in [6.07, 6.45) is 8.10. The molecule has 1 atom stereocenters. The van der Waals surface area contributed by atoms with Crippen molar-refractivity contribution >= 4 is 10.8 Å². The molecule has 0 fully saturated rings. The fourth-order valence-corrected chi connectivity index (χ4v) is 2.91. The van der Waals surface area contributed by atoms with Gasteiger partial charge < -0.3 is 10.1 Å². The Hall–Kier alpha value is -1.80. The van der Waals surface area contributed by atoms with Gasteiger partial charge in [-0.15, -0.1) is 0 Å². The van der Waals surface area contributed by atoms with Gasteiger partial charge in [0.1, 0.15) is 5.75 Å². The van der Waals surface area contributed by atoms with Crippen molar-refractivity contribution in [2.45, 2.75) is 31.8 Å². The summed E-state index contributed by atoms with van der Waals surface area (Å²) in [7, 11) is 1.75. The molecule has 2 nitrogen and oxygen atoms in total. The van der Waals surface area contributed by atoms with Crippen LogP contribution in [0, 0.1) is 0 Å². The van der Waals surface area contributed by atoms with Crippen LogP contribution in [0.25, 0.3) is 10.8 Å². The van der Waals surface area contributed by atoms with Gasteiger partial charge in [0.2, 0.25) is 0 Å². The first-order valence-corrected chi connectivity index (χ1v) is 7.31. The van der Waals surface area contributed by atoms with Gasteiger partial charge in [0, 0.05) is 18.2 Å². The normalized spacial score (nSPS) is 18.4. The highest BCUT2D eigenvalue weighted by Gasteiger charge is 2.12. The quantitative estimate of drug-likeness (QED) is 0.844. The van der Waals surface area contributed by atoms with Crippen molar-refractivity contribution in [1.29, 1.82) is 0 Å². The van der Waals surface area contributed by atoms with Crippen LogP contribution in [-0.2, 0) is 6.54 Å². The van der Waals surface area contributed by atoms with Crippen LogP contribution in [0.5, 0.6) is 5.75 Å². The topological polar surface area (TPSA) is 21.3 Å². The van der Waals surface area contributed by atoms with Gasteiger partial charge in [-0.2, -0.15) is 0 Å². The molecule has 1 aliphatic rings. The van der Waals surface area contributed by atoms with E-state index in [9.17, 15) is 0 Å². The molecule has 1 N–H and O–H groups in total. The molecule has 2 heteroatoms. The molecule has 0 heterocycles. The summed E-state index contributed by atoms with van der Waals surface area (Å²) < 4.78 is 5.54. The zero-order valence-electron chi connectivity index (χ0n) is 11.9. The van der Waals surface area contributed by atoms with Gasteiger partial charge in [-0.1, -0.05) is 42.5 Å². The zero-order chi connectivity index (χ0) is 13.8. The molecule has 0 aliphatic heterocycles. The van der Waals surface area contributed by atoms with Crippen molar-refractivity contribution in [1.82, 2.24) is 5.32 Å². The molecule has 0 spiro atoms. The Labute approximate surface area is 120 Å². The van der Waals surface area contributed by atoms with Crippen LogP contribution in [-0.4, -0.2) is 13.2 Å². The predicted octanol–water partition coefficient (Wildman–Crippen LogP) is 4.05. The predicted molar refractivity (Wildman–Crippen MR) is 84.1 cm³/mol. The molecule has 20 heavy (non-hydrogen) atoms. The lowest BCUT2D eigenvalue weighted by Gasteiger charge is -2.21. The monoisotopic (exact) mass is 267 g/mol. The molecular weight excluding hydrogens is 246 g/mol. The van der Waals surface area contributed by atoms with E-state index in [4.69, 9.17) is 4.74 Å². The summed E-state index contributed by atoms with van der Waals surface area (Å²) in [6.45, 7) is 0.864. The van der Waals surface area contributed by atoms with Crippen LogP contribution in [0.2, 0.25) is 0 Å². The SMILES string of the molecule is COc1ccc2ccccc2c1CNC1CC=CCC1.